The summed E-state index contributed by atoms with van der Waals surface area (Å²) in [4.78, 5) is 13.9. The predicted molar refractivity (Wildman–Crippen MR) is 60.1 cm³/mol. The Morgan fingerprint density at radius 3 is 2.88 bits per heavy atom. The highest BCUT2D eigenvalue weighted by atomic mass is 16.6. The van der Waals surface area contributed by atoms with Crippen molar-refractivity contribution < 1.29 is 10.0 Å². The molecule has 1 aromatic rings. The van der Waals surface area contributed by atoms with Crippen LogP contribution >= 0.6 is 0 Å². The van der Waals surface area contributed by atoms with Crippen molar-refractivity contribution in [1.82, 2.24) is 4.98 Å². The zero-order chi connectivity index (χ0) is 12.1. The lowest BCUT2D eigenvalue weighted by atomic mass is 10.2. The van der Waals surface area contributed by atoms with Gasteiger partial charge in [-0.05, 0) is 6.42 Å². The van der Waals surface area contributed by atoms with Crippen LogP contribution in [0, 0.1) is 10.1 Å². The molecule has 1 aromatic heterocycles. The third kappa shape index (κ3) is 3.06. The molecule has 7 nitrogen and oxygen atoms in total. The van der Waals surface area contributed by atoms with Crippen LogP contribution in [0.5, 0.6) is 0 Å². The van der Waals surface area contributed by atoms with Gasteiger partial charge in [0.15, 0.2) is 0 Å². The van der Waals surface area contributed by atoms with Gasteiger partial charge in [0.1, 0.15) is 11.6 Å². The standard InChI is InChI=1S/C9H14N4O3/c1-2-6(5-14)11-9-4-7(13(15)16)3-8(10)12-9/h3-4,6,14H,2,5H2,1H3,(H3,10,11,12). The summed E-state index contributed by atoms with van der Waals surface area (Å²) in [5, 5.41) is 22.4. The van der Waals surface area contributed by atoms with Crippen molar-refractivity contribution in [2.45, 2.75) is 19.4 Å². The molecule has 0 saturated heterocycles. The van der Waals surface area contributed by atoms with Gasteiger partial charge in [0, 0.05) is 0 Å². The minimum Gasteiger partial charge on any atom is -0.394 e. The average molecular weight is 226 g/mol. The molecule has 0 aliphatic heterocycles. The molecule has 1 atom stereocenters. The number of aliphatic hydroxyl groups is 1. The van der Waals surface area contributed by atoms with Gasteiger partial charge >= 0.3 is 0 Å². The van der Waals surface area contributed by atoms with Crippen LogP contribution in [-0.2, 0) is 0 Å². The van der Waals surface area contributed by atoms with Gasteiger partial charge in [-0.3, -0.25) is 10.1 Å². The number of hydrogen-bond donors (Lipinski definition) is 3. The summed E-state index contributed by atoms with van der Waals surface area (Å²) in [7, 11) is 0. The summed E-state index contributed by atoms with van der Waals surface area (Å²) in [5.74, 6) is 0.372. The molecular weight excluding hydrogens is 212 g/mol. The van der Waals surface area contributed by atoms with E-state index in [2.05, 4.69) is 10.3 Å². The molecule has 0 spiro atoms. The Hall–Kier alpha value is -1.89. The summed E-state index contributed by atoms with van der Waals surface area (Å²) in [6, 6.07) is 2.29. The number of nitrogens with two attached hydrogens (primary N) is 1. The van der Waals surface area contributed by atoms with Crippen molar-refractivity contribution in [1.29, 1.82) is 0 Å². The van der Waals surface area contributed by atoms with E-state index >= 15 is 0 Å². The molecule has 0 aliphatic carbocycles. The first-order valence-electron chi connectivity index (χ1n) is 4.86. The summed E-state index contributed by atoms with van der Waals surface area (Å²) in [5.41, 5.74) is 5.32. The van der Waals surface area contributed by atoms with E-state index in [-0.39, 0.29) is 24.2 Å². The van der Waals surface area contributed by atoms with Gasteiger partial charge in [-0.15, -0.1) is 0 Å². The lowest BCUT2D eigenvalue weighted by molar-refractivity contribution is -0.384. The van der Waals surface area contributed by atoms with Crippen LogP contribution in [0.1, 0.15) is 13.3 Å². The summed E-state index contributed by atoms with van der Waals surface area (Å²) >= 11 is 0. The van der Waals surface area contributed by atoms with E-state index in [0.29, 0.717) is 12.2 Å². The molecule has 7 heteroatoms. The third-order valence-electron chi connectivity index (χ3n) is 2.11. The molecule has 88 valence electrons. The fraction of sp³-hybridized carbons (Fsp3) is 0.444. The number of aliphatic hydroxyl groups excluding tert-OH is 1. The topological polar surface area (TPSA) is 114 Å². The second-order valence-electron chi connectivity index (χ2n) is 3.32. The molecule has 0 amide bonds. The first kappa shape index (κ1) is 12.2. The summed E-state index contributed by atoms with van der Waals surface area (Å²) in [6.07, 6.45) is 0.681. The van der Waals surface area contributed by atoms with E-state index in [1.54, 1.807) is 0 Å². The first-order chi connectivity index (χ1) is 7.56. The largest absolute Gasteiger partial charge is 0.394 e. The van der Waals surface area contributed by atoms with Crippen molar-refractivity contribution >= 4 is 17.3 Å². The van der Waals surface area contributed by atoms with E-state index in [0.717, 1.165) is 0 Å². The van der Waals surface area contributed by atoms with Gasteiger partial charge < -0.3 is 16.2 Å². The third-order valence-corrected chi connectivity index (χ3v) is 2.11. The Bertz CT molecular complexity index is 379. The molecular formula is C9H14N4O3. The van der Waals surface area contributed by atoms with E-state index < -0.39 is 4.92 Å². The van der Waals surface area contributed by atoms with Gasteiger partial charge in [0.2, 0.25) is 0 Å². The number of rotatable bonds is 5. The Morgan fingerprint density at radius 2 is 2.38 bits per heavy atom. The zero-order valence-corrected chi connectivity index (χ0v) is 8.88. The van der Waals surface area contributed by atoms with E-state index in [1.807, 2.05) is 6.92 Å². The fourth-order valence-electron chi connectivity index (χ4n) is 1.20. The predicted octanol–water partition coefficient (Wildman–Crippen LogP) is 0.755. The van der Waals surface area contributed by atoms with Crippen molar-refractivity contribution in [2.24, 2.45) is 0 Å². The normalized spacial score (nSPS) is 12.1. The van der Waals surface area contributed by atoms with Crippen LogP contribution < -0.4 is 11.1 Å². The number of nitrogen functional groups attached to an aromatic ring is 1. The minimum absolute atomic E-state index is 0.0687. The van der Waals surface area contributed by atoms with Crippen molar-refractivity contribution in [3.63, 3.8) is 0 Å². The fourth-order valence-corrected chi connectivity index (χ4v) is 1.20. The number of anilines is 2. The molecule has 1 unspecified atom stereocenters. The molecule has 16 heavy (non-hydrogen) atoms. The van der Waals surface area contributed by atoms with E-state index in [1.165, 1.54) is 12.1 Å². The van der Waals surface area contributed by atoms with E-state index in [4.69, 9.17) is 10.8 Å². The molecule has 1 heterocycles. The summed E-state index contributed by atoms with van der Waals surface area (Å²) in [6.45, 7) is 1.81. The first-order valence-corrected chi connectivity index (χ1v) is 4.86. The highest BCUT2D eigenvalue weighted by Gasteiger charge is 2.12. The van der Waals surface area contributed by atoms with Crippen LogP contribution in [0.25, 0.3) is 0 Å². The molecule has 0 fully saturated rings. The molecule has 4 N–H and O–H groups in total. The lowest BCUT2D eigenvalue weighted by Crippen LogP contribution is -2.23. The average Bonchev–Trinajstić information content (AvgIpc) is 2.25. The molecule has 0 radical (unpaired) electrons. The molecule has 0 aromatic carbocycles. The smallest absolute Gasteiger partial charge is 0.276 e. The lowest BCUT2D eigenvalue weighted by Gasteiger charge is -2.14. The number of nitro groups is 1. The number of nitrogens with zero attached hydrogens (tertiary/aromatic N) is 2. The molecule has 1 rings (SSSR count). The van der Waals surface area contributed by atoms with Crippen molar-refractivity contribution in [3.05, 3.63) is 22.2 Å². The second-order valence-corrected chi connectivity index (χ2v) is 3.32. The van der Waals surface area contributed by atoms with E-state index in [9.17, 15) is 10.1 Å². The maximum Gasteiger partial charge on any atom is 0.276 e. The van der Waals surface area contributed by atoms with Crippen LogP contribution in [0.2, 0.25) is 0 Å². The highest BCUT2D eigenvalue weighted by Crippen LogP contribution is 2.19. The quantitative estimate of drug-likeness (QED) is 0.504. The van der Waals surface area contributed by atoms with Crippen molar-refractivity contribution in [3.8, 4) is 0 Å². The Kier molecular flexibility index (Phi) is 4.01. The molecule has 0 aliphatic rings. The maximum absolute atomic E-state index is 10.6. The molecule has 0 bridgehead atoms. The van der Waals surface area contributed by atoms with Gasteiger partial charge in [-0.2, -0.15) is 0 Å². The highest BCUT2D eigenvalue weighted by molar-refractivity contribution is 5.53. The van der Waals surface area contributed by atoms with Crippen LogP contribution in [0.4, 0.5) is 17.3 Å². The van der Waals surface area contributed by atoms with Crippen LogP contribution in [0.15, 0.2) is 12.1 Å². The number of pyridine rings is 1. The Balaban J connectivity index is 2.91. The van der Waals surface area contributed by atoms with Crippen LogP contribution in [0.3, 0.4) is 0 Å². The Morgan fingerprint density at radius 1 is 1.69 bits per heavy atom. The van der Waals surface area contributed by atoms with Gasteiger partial charge in [-0.25, -0.2) is 4.98 Å². The van der Waals surface area contributed by atoms with Gasteiger partial charge in [-0.1, -0.05) is 6.92 Å². The minimum atomic E-state index is -0.539. The number of aromatic nitrogens is 1. The number of hydrogen-bond acceptors (Lipinski definition) is 6. The van der Waals surface area contributed by atoms with Gasteiger partial charge in [0.05, 0.1) is 29.7 Å². The molecule has 0 saturated carbocycles. The monoisotopic (exact) mass is 226 g/mol. The van der Waals surface area contributed by atoms with Crippen molar-refractivity contribution in [2.75, 3.05) is 17.7 Å². The Labute approximate surface area is 92.4 Å². The second kappa shape index (κ2) is 5.26. The summed E-state index contributed by atoms with van der Waals surface area (Å²) < 4.78 is 0. The maximum atomic E-state index is 10.6. The number of nitrogens with one attached hydrogen (secondary N) is 1. The SMILES string of the molecule is CCC(CO)Nc1cc([N+](=O)[O-])cc(N)n1. The van der Waals surface area contributed by atoms with Gasteiger partial charge in [0.25, 0.3) is 5.69 Å². The zero-order valence-electron chi connectivity index (χ0n) is 8.88. The van der Waals surface area contributed by atoms with Crippen LogP contribution in [-0.4, -0.2) is 27.7 Å².